The number of aliphatic hydroxyl groups excluding tert-OH is 3. The second kappa shape index (κ2) is 38.4. The number of hydrogen-bond donors (Lipinski definition) is 9. The van der Waals surface area contributed by atoms with Crippen molar-refractivity contribution in [1.82, 2.24) is 28.7 Å². The van der Waals surface area contributed by atoms with Crippen LogP contribution in [0.5, 0.6) is 17.2 Å². The lowest BCUT2D eigenvalue weighted by molar-refractivity contribution is -0.147. The first-order chi connectivity index (χ1) is 52.8. The van der Waals surface area contributed by atoms with E-state index in [4.69, 9.17) is 135 Å². The number of carbonyl (C=O) groups excluding carboxylic acids is 3. The minimum Gasteiger partial charge on any atom is -0.466 e. The highest BCUT2D eigenvalue weighted by molar-refractivity contribution is 7.71. The Kier molecular flexibility index (Phi) is 28.4. The largest absolute Gasteiger partial charge is 0.466 e. The van der Waals surface area contributed by atoms with Crippen LogP contribution in [0.25, 0.3) is 0 Å². The number of aromatic amines is 3. The standard InChI is InChI=1S/3C22H28ClN2O9PS/c3*1-4-31-19(28)13(2)12-35(30,34-15-7-5-14(23)6-8-15)32-11-16-18(27)22(3,29)20(33-16)25-10-9-17(26)24-21(25)36/h3*5-10,13,16,18,20,27,29H,4,11-12H2,1-3H3,(H,24,26,36)/t13-,16-,18+,20-,22?,35?;13-,16-,18+,20-,22?,35+;13-,16-,18+,20-,22?,35-/m111/s1/i3*11D2. The number of halogens is 3. The van der Waals surface area contributed by atoms with E-state index in [0.717, 1.165) is 31.9 Å². The van der Waals surface area contributed by atoms with Gasteiger partial charge in [0, 0.05) is 51.9 Å². The number of ether oxygens (including phenoxy) is 6. The maximum atomic E-state index is 13.9. The summed E-state index contributed by atoms with van der Waals surface area (Å²) < 4.78 is 160. The van der Waals surface area contributed by atoms with Gasteiger partial charge in [-0.15, -0.1) is 0 Å². The van der Waals surface area contributed by atoms with Gasteiger partial charge in [0.05, 0.1) is 84.0 Å². The van der Waals surface area contributed by atoms with E-state index in [1.807, 2.05) is 0 Å². The molecule has 0 bridgehead atoms. The molecule has 3 aromatic heterocycles. The van der Waals surface area contributed by atoms with Crippen LogP contribution >= 0.6 is 94.2 Å². The van der Waals surface area contributed by atoms with E-state index in [1.54, 1.807) is 20.8 Å². The normalized spacial score (nSPS) is 27.4. The van der Waals surface area contributed by atoms with Crippen molar-refractivity contribution < 1.29 is 123 Å². The number of nitrogens with zero attached hydrogens (tertiary/aromatic N) is 3. The molecule has 4 unspecified atom stereocenters. The molecule has 0 amide bonds. The first-order valence-corrected chi connectivity index (χ1v) is 40.2. The van der Waals surface area contributed by atoms with Crippen LogP contribution in [-0.2, 0) is 70.1 Å². The summed E-state index contributed by atoms with van der Waals surface area (Å²) in [5, 5.41) is 66.7. The molecule has 9 N–H and O–H groups in total. The summed E-state index contributed by atoms with van der Waals surface area (Å²) in [7, 11) is -13.5. The number of nitrogens with one attached hydrogen (secondary N) is 3. The lowest BCUT2D eigenvalue weighted by Gasteiger charge is -2.28. The van der Waals surface area contributed by atoms with Gasteiger partial charge in [-0.25, -0.2) is 13.7 Å². The van der Waals surface area contributed by atoms with Crippen molar-refractivity contribution in [3.8, 4) is 17.2 Å². The van der Waals surface area contributed by atoms with Gasteiger partial charge in [-0.05, 0) is 151 Å². The predicted octanol–water partition coefficient (Wildman–Crippen LogP) is 9.17. The SMILES string of the molecule is [2H]C([2H])(OP(=O)(C[C@@H](C)C(=O)OCC)Oc1ccc(Cl)cc1)[C@H]1O[C@@H](n2ccc(=O)[nH]c2=S)C(C)(O)[C@H]1O.[2H]C([2H])(O[P@@](=O)(C[C@@H](C)C(=O)OCC)Oc1ccc(Cl)cc1)[C@H]1O[C@@H](n2ccc(=O)[nH]c2=S)C(C)(O)[C@H]1O.[2H]C([2H])(O[P@](=O)(C[C@@H](C)C(=O)OCC)Oc1ccc(Cl)cc1)[C@H]1O[C@@H](n2ccc(=O)[nH]c2=S)C(C)(O)[C@H]1O. The molecule has 0 radical (unpaired) electrons. The van der Waals surface area contributed by atoms with Crippen LogP contribution in [0.2, 0.25) is 15.1 Å². The average Bonchev–Trinajstić information content (AvgIpc) is 1.60. The van der Waals surface area contributed by atoms with Gasteiger partial charge >= 0.3 is 40.7 Å². The summed E-state index contributed by atoms with van der Waals surface area (Å²) in [6.45, 7) is 3.68. The fraction of sp³-hybridized carbons (Fsp3) is 0.500. The van der Waals surface area contributed by atoms with Crippen LogP contribution < -0.4 is 30.2 Å². The van der Waals surface area contributed by atoms with Crippen molar-refractivity contribution >= 4 is 112 Å². The van der Waals surface area contributed by atoms with Crippen LogP contribution in [0.4, 0.5) is 0 Å². The molecular weight excluding hydrogens is 1600 g/mol. The highest BCUT2D eigenvalue weighted by atomic mass is 35.5. The van der Waals surface area contributed by atoms with Gasteiger partial charge < -0.3 is 72.6 Å². The summed E-state index contributed by atoms with van der Waals surface area (Å²) in [6, 6.07) is 20.3. The van der Waals surface area contributed by atoms with Crippen molar-refractivity contribution in [2.75, 3.05) is 58.0 Å². The van der Waals surface area contributed by atoms with E-state index in [-0.39, 0.29) is 51.4 Å². The molecule has 18 atom stereocenters. The Morgan fingerprint density at radius 3 is 0.898 bits per heavy atom. The Hall–Kier alpha value is -6.15. The molecule has 594 valence electrons. The predicted molar refractivity (Wildman–Crippen MR) is 398 cm³/mol. The van der Waals surface area contributed by atoms with Crippen LogP contribution in [0.3, 0.4) is 0 Å². The van der Waals surface area contributed by atoms with Crippen molar-refractivity contribution in [2.24, 2.45) is 17.8 Å². The molecule has 33 nitrogen and oxygen atoms in total. The van der Waals surface area contributed by atoms with Crippen LogP contribution in [0, 0.1) is 32.1 Å². The lowest BCUT2D eigenvalue weighted by atomic mass is 9.96. The monoisotopic (exact) mass is 1690 g/mol. The number of benzene rings is 3. The quantitative estimate of drug-likeness (QED) is 0.00877. The molecule has 6 heterocycles. The first-order valence-electron chi connectivity index (χ1n) is 35.7. The highest BCUT2D eigenvalue weighted by Gasteiger charge is 2.57. The topological polar surface area (TPSA) is 448 Å². The Morgan fingerprint density at radius 1 is 0.472 bits per heavy atom. The zero-order chi connectivity index (χ0) is 85.4. The molecule has 3 aliphatic rings. The van der Waals surface area contributed by atoms with Crippen LogP contribution in [-0.4, -0.2) is 189 Å². The molecule has 0 saturated carbocycles. The molecule has 3 fully saturated rings. The van der Waals surface area contributed by atoms with Crippen molar-refractivity contribution in [3.05, 3.63) is 170 Å². The molecule has 3 aliphatic heterocycles. The molecule has 42 heteroatoms. The van der Waals surface area contributed by atoms with E-state index in [0.29, 0.717) is 15.1 Å². The van der Waals surface area contributed by atoms with Gasteiger partial charge in [0.25, 0.3) is 16.7 Å². The van der Waals surface area contributed by atoms with Crippen LogP contribution in [0.1, 0.15) is 89.2 Å². The number of aromatic nitrogens is 6. The summed E-state index contributed by atoms with van der Waals surface area (Å²) in [5.41, 5.74) is -7.94. The van der Waals surface area contributed by atoms with Crippen molar-refractivity contribution in [1.29, 1.82) is 0 Å². The third-order valence-corrected chi connectivity index (χ3v) is 23.2. The molecule has 3 saturated heterocycles. The van der Waals surface area contributed by atoms with Gasteiger partial charge in [-0.2, -0.15) is 0 Å². The maximum absolute atomic E-state index is 13.9. The van der Waals surface area contributed by atoms with E-state index in [1.165, 1.54) is 133 Å². The molecule has 0 aliphatic carbocycles. The number of carbonyl (C=O) groups is 3. The third kappa shape index (κ3) is 23.5. The van der Waals surface area contributed by atoms with Gasteiger partial charge in [-0.1, -0.05) is 55.6 Å². The minimum absolute atomic E-state index is 0.0156. The second-order valence-corrected chi connectivity index (χ2v) is 33.2. The van der Waals surface area contributed by atoms with Gasteiger partial charge in [0.15, 0.2) is 33.0 Å². The van der Waals surface area contributed by atoms with E-state index in [9.17, 15) is 73.1 Å². The van der Waals surface area contributed by atoms with Gasteiger partial charge in [-0.3, -0.25) is 71.0 Å². The Labute approximate surface area is 657 Å². The molecule has 0 spiro atoms. The number of esters is 3. The smallest absolute Gasteiger partial charge is 0.380 e. The Morgan fingerprint density at radius 2 is 0.694 bits per heavy atom. The summed E-state index contributed by atoms with van der Waals surface area (Å²) >= 11 is 33.0. The van der Waals surface area contributed by atoms with Crippen molar-refractivity contribution in [3.63, 3.8) is 0 Å². The fourth-order valence-electron chi connectivity index (χ4n) is 10.3. The fourth-order valence-corrected chi connectivity index (χ4v) is 16.6. The third-order valence-electron chi connectivity index (χ3n) is 16.0. The minimum atomic E-state index is -4.51. The average molecular weight is 1690 g/mol. The first kappa shape index (κ1) is 79.9. The van der Waals surface area contributed by atoms with Gasteiger partial charge in [0.2, 0.25) is 0 Å². The zero-order valence-corrected chi connectivity index (χ0v) is 66.3. The van der Waals surface area contributed by atoms with Crippen molar-refractivity contribution in [2.45, 2.75) is 134 Å². The number of H-pyrrole nitrogens is 3. The summed E-state index contributed by atoms with van der Waals surface area (Å²) in [6.07, 6.45) is -14.0. The molecule has 9 rings (SSSR count). The maximum Gasteiger partial charge on any atom is 0.380 e. The number of hydrogen-bond acceptors (Lipinski definition) is 30. The molecular formula is C66H84Cl3N6O27P3S3. The highest BCUT2D eigenvalue weighted by Crippen LogP contribution is 2.55. The van der Waals surface area contributed by atoms with E-state index >= 15 is 0 Å². The van der Waals surface area contributed by atoms with E-state index < -0.39 is 185 Å². The Bertz CT molecular complexity index is 4440. The van der Waals surface area contributed by atoms with E-state index in [2.05, 4.69) is 15.0 Å². The lowest BCUT2D eigenvalue weighted by Crippen LogP contribution is -2.44. The second-order valence-electron chi connectivity index (χ2n) is 24.9. The zero-order valence-electron chi connectivity index (χ0n) is 64.9. The van der Waals surface area contributed by atoms with Gasteiger partial charge in [0.1, 0.15) is 70.7 Å². The van der Waals surface area contributed by atoms with Crippen LogP contribution in [0.15, 0.2) is 124 Å². The molecule has 6 aromatic rings. The summed E-state index contributed by atoms with van der Waals surface area (Å²) in [5.74, 6) is -5.13. The molecule has 108 heavy (non-hydrogen) atoms. The number of aliphatic hydroxyl groups is 6. The Balaban J connectivity index is 0.000000237. The number of rotatable bonds is 30. The molecule has 3 aromatic carbocycles. The summed E-state index contributed by atoms with van der Waals surface area (Å²) in [4.78, 5) is 78.4.